The van der Waals surface area contributed by atoms with Gasteiger partial charge in [-0.1, -0.05) is 56.8 Å². The highest BCUT2D eigenvalue weighted by atomic mass is 32.2. The van der Waals surface area contributed by atoms with Crippen LogP contribution in [0.3, 0.4) is 0 Å². The topological polar surface area (TPSA) is 44.1 Å². The van der Waals surface area contributed by atoms with E-state index in [4.69, 9.17) is 4.74 Å². The zero-order valence-electron chi connectivity index (χ0n) is 15.2. The Kier molecular flexibility index (Phi) is 4.27. The van der Waals surface area contributed by atoms with Crippen LogP contribution in [0.2, 0.25) is 0 Å². The summed E-state index contributed by atoms with van der Waals surface area (Å²) in [5.41, 5.74) is 3.95. The van der Waals surface area contributed by atoms with Gasteiger partial charge in [0.1, 0.15) is 6.10 Å². The molecule has 3 aromatic rings. The van der Waals surface area contributed by atoms with Gasteiger partial charge >= 0.3 is 5.97 Å². The first-order valence-corrected chi connectivity index (χ1v) is 9.80. The molecule has 1 aliphatic rings. The molecule has 0 amide bonds. The van der Waals surface area contributed by atoms with Crippen LogP contribution in [0.5, 0.6) is 0 Å². The third-order valence-electron chi connectivity index (χ3n) is 4.66. The van der Waals surface area contributed by atoms with Gasteiger partial charge in [-0.15, -0.1) is 0 Å². The molecule has 134 valence electrons. The normalized spacial score (nSPS) is 17.1. The second kappa shape index (κ2) is 6.47. The van der Waals surface area contributed by atoms with E-state index in [-0.39, 0.29) is 17.5 Å². The fourth-order valence-electron chi connectivity index (χ4n) is 3.16. The van der Waals surface area contributed by atoms with Crippen LogP contribution in [0, 0.1) is 0 Å². The van der Waals surface area contributed by atoms with Gasteiger partial charge in [0.15, 0.2) is 5.16 Å². The van der Waals surface area contributed by atoms with E-state index in [9.17, 15) is 4.79 Å². The average molecular weight is 366 g/mol. The number of hydrogen-bond donors (Lipinski definition) is 0. The molecule has 0 radical (unpaired) electrons. The van der Waals surface area contributed by atoms with Crippen molar-refractivity contribution in [3.63, 3.8) is 0 Å². The Labute approximate surface area is 157 Å². The van der Waals surface area contributed by atoms with Crippen LogP contribution in [0.15, 0.2) is 53.7 Å². The molecule has 0 N–H and O–H groups in total. The Morgan fingerprint density at radius 2 is 1.88 bits per heavy atom. The van der Waals surface area contributed by atoms with Gasteiger partial charge in [-0.05, 0) is 35.2 Å². The maximum absolute atomic E-state index is 12.5. The number of nitrogens with zero attached hydrogens (tertiary/aromatic N) is 2. The Bertz CT molecular complexity index is 954. The molecule has 5 heteroatoms. The van der Waals surface area contributed by atoms with E-state index in [0.29, 0.717) is 12.1 Å². The number of carbonyl (C=O) groups is 1. The number of thioether (sulfide) groups is 1. The van der Waals surface area contributed by atoms with Crippen LogP contribution < -0.4 is 0 Å². The molecule has 0 spiro atoms. The molecule has 2 aromatic carbocycles. The van der Waals surface area contributed by atoms with E-state index < -0.39 is 0 Å². The second-order valence-corrected chi connectivity index (χ2v) is 8.65. The summed E-state index contributed by atoms with van der Waals surface area (Å²) in [4.78, 5) is 17.2. The molecular weight excluding hydrogens is 344 g/mol. The highest BCUT2D eigenvalue weighted by molar-refractivity contribution is 7.99. The minimum atomic E-state index is -0.260. The van der Waals surface area contributed by atoms with E-state index >= 15 is 0 Å². The standard InChI is InChI=1S/C21H22N2O2S/c1-21(2,3)15-10-8-14(9-11-15)19(24)25-16-12-23-18-7-5-4-6-17(18)22-20(23)26-13-16/h4-11,16H,12-13H2,1-3H3/t16-/m1/s1. The summed E-state index contributed by atoms with van der Waals surface area (Å²) < 4.78 is 7.91. The number of benzene rings is 2. The van der Waals surface area contributed by atoms with Crippen LogP contribution in [0.4, 0.5) is 0 Å². The molecule has 26 heavy (non-hydrogen) atoms. The SMILES string of the molecule is CC(C)(C)c1ccc(C(=O)O[C@H]2CSc3nc4ccccc4n3C2)cc1. The maximum Gasteiger partial charge on any atom is 0.338 e. The lowest BCUT2D eigenvalue weighted by Gasteiger charge is -2.24. The van der Waals surface area contributed by atoms with Crippen molar-refractivity contribution < 1.29 is 9.53 Å². The third kappa shape index (κ3) is 3.23. The first-order chi connectivity index (χ1) is 12.4. The Balaban J connectivity index is 1.49. The lowest BCUT2D eigenvalue weighted by Crippen LogP contribution is -2.29. The predicted molar refractivity (Wildman–Crippen MR) is 105 cm³/mol. The van der Waals surface area contributed by atoms with Crippen LogP contribution in [-0.2, 0) is 16.7 Å². The van der Waals surface area contributed by atoms with Crippen LogP contribution in [0.25, 0.3) is 11.0 Å². The quantitative estimate of drug-likeness (QED) is 0.619. The number of aromatic nitrogens is 2. The summed E-state index contributed by atoms with van der Waals surface area (Å²) in [6, 6.07) is 15.8. The monoisotopic (exact) mass is 366 g/mol. The fourth-order valence-corrected chi connectivity index (χ4v) is 4.16. The van der Waals surface area contributed by atoms with Crippen molar-refractivity contribution >= 4 is 28.8 Å². The third-order valence-corrected chi connectivity index (χ3v) is 5.77. The van der Waals surface area contributed by atoms with Crippen molar-refractivity contribution in [1.82, 2.24) is 9.55 Å². The molecule has 0 saturated heterocycles. The highest BCUT2D eigenvalue weighted by Gasteiger charge is 2.25. The predicted octanol–water partition coefficient (Wildman–Crippen LogP) is 4.67. The Hall–Kier alpha value is -2.27. The summed E-state index contributed by atoms with van der Waals surface area (Å²) >= 11 is 1.64. The average Bonchev–Trinajstić information content (AvgIpc) is 2.99. The van der Waals surface area contributed by atoms with Gasteiger partial charge in [-0.3, -0.25) is 0 Å². The maximum atomic E-state index is 12.5. The summed E-state index contributed by atoms with van der Waals surface area (Å²) in [5.74, 6) is 0.471. The van der Waals surface area contributed by atoms with Gasteiger partial charge in [0.05, 0.1) is 23.1 Å². The number of carbonyl (C=O) groups excluding carboxylic acids is 1. The van der Waals surface area contributed by atoms with Gasteiger partial charge in [-0.25, -0.2) is 9.78 Å². The van der Waals surface area contributed by atoms with Crippen molar-refractivity contribution in [2.24, 2.45) is 0 Å². The Morgan fingerprint density at radius 1 is 1.15 bits per heavy atom. The molecule has 4 rings (SSSR count). The number of fused-ring (bicyclic) bond motifs is 3. The van der Waals surface area contributed by atoms with Gasteiger partial charge in [-0.2, -0.15) is 0 Å². The number of ether oxygens (including phenoxy) is 1. The first kappa shape index (κ1) is 17.2. The van der Waals surface area contributed by atoms with E-state index in [1.54, 1.807) is 11.8 Å². The number of hydrogen-bond acceptors (Lipinski definition) is 4. The minimum Gasteiger partial charge on any atom is -0.456 e. The molecule has 0 unspecified atom stereocenters. The smallest absolute Gasteiger partial charge is 0.338 e. The van der Waals surface area contributed by atoms with E-state index in [2.05, 4.69) is 36.4 Å². The lowest BCUT2D eigenvalue weighted by molar-refractivity contribution is 0.0306. The van der Waals surface area contributed by atoms with E-state index in [1.807, 2.05) is 42.5 Å². The van der Waals surface area contributed by atoms with Crippen LogP contribution >= 0.6 is 11.8 Å². The van der Waals surface area contributed by atoms with Crippen LogP contribution in [-0.4, -0.2) is 27.4 Å². The van der Waals surface area contributed by atoms with Crippen molar-refractivity contribution in [3.05, 3.63) is 59.7 Å². The largest absolute Gasteiger partial charge is 0.456 e. The summed E-state index contributed by atoms with van der Waals surface area (Å²) in [6.07, 6.45) is -0.153. The molecule has 2 heterocycles. The molecule has 0 aliphatic carbocycles. The fraction of sp³-hybridized carbons (Fsp3) is 0.333. The lowest BCUT2D eigenvalue weighted by atomic mass is 9.87. The zero-order chi connectivity index (χ0) is 18.3. The zero-order valence-corrected chi connectivity index (χ0v) is 16.0. The Morgan fingerprint density at radius 3 is 2.62 bits per heavy atom. The summed E-state index contributed by atoms with van der Waals surface area (Å²) in [7, 11) is 0. The van der Waals surface area contributed by atoms with Crippen molar-refractivity contribution in [3.8, 4) is 0 Å². The minimum absolute atomic E-state index is 0.0708. The molecule has 0 bridgehead atoms. The highest BCUT2D eigenvalue weighted by Crippen LogP contribution is 2.30. The first-order valence-electron chi connectivity index (χ1n) is 8.81. The van der Waals surface area contributed by atoms with Crippen molar-refractivity contribution in [1.29, 1.82) is 0 Å². The molecule has 1 atom stereocenters. The molecule has 4 nitrogen and oxygen atoms in total. The van der Waals surface area contributed by atoms with E-state index in [1.165, 1.54) is 5.56 Å². The number of rotatable bonds is 2. The molecule has 1 aromatic heterocycles. The van der Waals surface area contributed by atoms with Gasteiger partial charge in [0.2, 0.25) is 0 Å². The second-order valence-electron chi connectivity index (χ2n) is 7.66. The molecular formula is C21H22N2O2S. The summed E-state index contributed by atoms with van der Waals surface area (Å²) in [5, 5.41) is 0.994. The van der Waals surface area contributed by atoms with E-state index in [0.717, 1.165) is 21.9 Å². The van der Waals surface area contributed by atoms with Crippen LogP contribution in [0.1, 0.15) is 36.7 Å². The van der Waals surface area contributed by atoms with Gasteiger partial charge < -0.3 is 9.30 Å². The molecule has 0 fully saturated rings. The van der Waals surface area contributed by atoms with Crippen molar-refractivity contribution in [2.45, 2.75) is 44.0 Å². The van der Waals surface area contributed by atoms with Gasteiger partial charge in [0, 0.05) is 5.75 Å². The number of imidazole rings is 1. The molecule has 0 saturated carbocycles. The summed E-state index contributed by atoms with van der Waals surface area (Å²) in [6.45, 7) is 7.13. The number of para-hydroxylation sites is 2. The van der Waals surface area contributed by atoms with Crippen molar-refractivity contribution in [2.75, 3.05) is 5.75 Å². The molecule has 1 aliphatic heterocycles. The van der Waals surface area contributed by atoms with Gasteiger partial charge in [0.25, 0.3) is 0 Å². The number of esters is 1.